The van der Waals surface area contributed by atoms with E-state index in [1.165, 1.54) is 10.6 Å². The van der Waals surface area contributed by atoms with Crippen LogP contribution in [0.25, 0.3) is 16.6 Å². The normalized spacial score (nSPS) is 19.7. The number of anilines is 1. The van der Waals surface area contributed by atoms with Crippen molar-refractivity contribution >= 4 is 46.6 Å². The molecule has 0 spiro atoms. The fourth-order valence-corrected chi connectivity index (χ4v) is 8.91. The van der Waals surface area contributed by atoms with Crippen LogP contribution in [0.3, 0.4) is 0 Å². The lowest BCUT2D eigenvalue weighted by Crippen LogP contribution is -2.42. The zero-order valence-corrected chi connectivity index (χ0v) is 32.6. The second-order valence-electron chi connectivity index (χ2n) is 15.0. The lowest BCUT2D eigenvalue weighted by Gasteiger charge is -2.38. The van der Waals surface area contributed by atoms with Gasteiger partial charge in [-0.2, -0.15) is 5.26 Å². The van der Waals surface area contributed by atoms with E-state index in [0.29, 0.717) is 54.0 Å². The molecule has 1 amide bonds. The predicted octanol–water partition coefficient (Wildman–Crippen LogP) is 5.91. The molecular formula is C41H45Cl2N9O4. The van der Waals surface area contributed by atoms with Gasteiger partial charge in [0.1, 0.15) is 11.8 Å². The second kappa shape index (κ2) is 16.9. The van der Waals surface area contributed by atoms with E-state index >= 15 is 0 Å². The summed E-state index contributed by atoms with van der Waals surface area (Å²) in [5.41, 5.74) is 7.11. The number of ether oxygens (including phenoxy) is 1. The van der Waals surface area contributed by atoms with E-state index in [-0.39, 0.29) is 41.5 Å². The lowest BCUT2D eigenvalue weighted by molar-refractivity contribution is 0.0994. The van der Waals surface area contributed by atoms with Crippen LogP contribution in [0.5, 0.6) is 5.75 Å². The van der Waals surface area contributed by atoms with Gasteiger partial charge in [-0.3, -0.25) is 18.7 Å². The molecule has 8 rings (SSSR count). The van der Waals surface area contributed by atoms with Crippen molar-refractivity contribution < 1.29 is 9.53 Å². The van der Waals surface area contributed by atoms with E-state index in [9.17, 15) is 14.4 Å². The summed E-state index contributed by atoms with van der Waals surface area (Å²) in [6.07, 6.45) is 10.6. The summed E-state index contributed by atoms with van der Waals surface area (Å²) in [5.74, 6) is 1.45. The second-order valence-corrected chi connectivity index (χ2v) is 15.4. The van der Waals surface area contributed by atoms with Gasteiger partial charge in [0, 0.05) is 74.7 Å². The number of hydrogen-bond donors (Lipinski definition) is 1. The zero-order chi connectivity index (χ0) is 38.1. The highest BCUT2D eigenvalue weighted by atomic mass is 35.5. The Morgan fingerprint density at radius 1 is 0.875 bits per heavy atom. The highest BCUT2D eigenvalue weighted by molar-refractivity contribution is 6.31. The summed E-state index contributed by atoms with van der Waals surface area (Å²) < 4.78 is 11.6. The minimum atomic E-state index is -0.569. The third-order valence-electron chi connectivity index (χ3n) is 11.7. The molecule has 0 bridgehead atoms. The van der Waals surface area contributed by atoms with Crippen LogP contribution in [0.4, 0.5) is 5.82 Å². The smallest absolute Gasteiger partial charge is 0.335 e. The van der Waals surface area contributed by atoms with Gasteiger partial charge >= 0.3 is 5.69 Å². The topological polar surface area (TPSA) is 157 Å². The Kier molecular flexibility index (Phi) is 11.8. The number of fused-ring (bicyclic) bond motifs is 1. The quantitative estimate of drug-likeness (QED) is 0.192. The van der Waals surface area contributed by atoms with E-state index in [1.54, 1.807) is 35.0 Å². The molecule has 56 heavy (non-hydrogen) atoms. The Morgan fingerprint density at radius 2 is 1.64 bits per heavy atom. The number of nitrogens with two attached hydrogens (primary N) is 1. The number of likely N-dealkylation sites (tertiary alicyclic amines) is 1. The Labute approximate surface area is 335 Å². The molecule has 292 valence electrons. The number of carbonyl (C=O) groups is 1. The molecule has 2 aliphatic heterocycles. The monoisotopic (exact) mass is 797 g/mol. The van der Waals surface area contributed by atoms with E-state index in [2.05, 4.69) is 49.0 Å². The third-order valence-corrected chi connectivity index (χ3v) is 12.0. The van der Waals surface area contributed by atoms with Gasteiger partial charge < -0.3 is 24.8 Å². The van der Waals surface area contributed by atoms with Crippen molar-refractivity contribution in [2.24, 2.45) is 11.7 Å². The number of nitriles is 1. The van der Waals surface area contributed by atoms with E-state index in [4.69, 9.17) is 27.3 Å². The fraction of sp³-hybridized carbons (Fsp3) is 0.415. The molecule has 3 aromatic heterocycles. The third kappa shape index (κ3) is 8.05. The van der Waals surface area contributed by atoms with Crippen molar-refractivity contribution in [3.63, 3.8) is 0 Å². The number of carbonyl (C=O) groups excluding carboxylic acids is 1. The van der Waals surface area contributed by atoms with Crippen LogP contribution in [-0.4, -0.2) is 73.5 Å². The van der Waals surface area contributed by atoms with Crippen LogP contribution in [0, 0.1) is 17.2 Å². The SMILES string of the molecule is Cl.N#Cc1ccc(OC2CCC(n3c(=O)ccn(-c4cccc5c4ccn5C4CCN(CC5CCN(c6ccc(C(N)=O)nn6)CC5)CC4)c3=O)CC2)cc1Cl. The lowest BCUT2D eigenvalue weighted by atomic mass is 9.92. The van der Waals surface area contributed by atoms with Crippen molar-refractivity contribution in [1.82, 2.24) is 28.8 Å². The number of rotatable bonds is 9. The van der Waals surface area contributed by atoms with Crippen molar-refractivity contribution in [3.8, 4) is 17.5 Å². The standard InChI is InChI=1S/C41H44ClN9O4.ClH/c42-34-24-32(7-4-28(34)25-43)55-31-8-5-30(6-9-31)51-39(52)17-23-50(41(51)54)37-3-1-2-36-33(37)16-22-49(36)29-14-18-47(19-15-29)26-27-12-20-48(21-13-27)38-11-10-35(40(44)53)45-46-38;/h1-4,7,10-11,16-17,22-24,27,29-31H,5-6,8-9,12-15,18-21,26H2,(H2,44,53);1H. The maximum Gasteiger partial charge on any atom is 0.335 e. The van der Waals surface area contributed by atoms with Crippen molar-refractivity contribution in [2.45, 2.75) is 69.6 Å². The number of hydrogen-bond acceptors (Lipinski definition) is 9. The number of piperidine rings is 2. The highest BCUT2D eigenvalue weighted by Gasteiger charge is 2.29. The summed E-state index contributed by atoms with van der Waals surface area (Å²) in [4.78, 5) is 43.4. The first kappa shape index (κ1) is 39.1. The van der Waals surface area contributed by atoms with Gasteiger partial charge in [0.05, 0.1) is 27.9 Å². The molecule has 0 atom stereocenters. The van der Waals surface area contributed by atoms with Crippen molar-refractivity contribution in [3.05, 3.63) is 110 Å². The van der Waals surface area contributed by atoms with Crippen LogP contribution < -0.4 is 26.6 Å². The first-order valence-electron chi connectivity index (χ1n) is 19.2. The number of aromatic nitrogens is 5. The van der Waals surface area contributed by atoms with Gasteiger partial charge in [0.15, 0.2) is 11.5 Å². The van der Waals surface area contributed by atoms with Gasteiger partial charge in [-0.1, -0.05) is 17.7 Å². The van der Waals surface area contributed by atoms with Crippen LogP contribution >= 0.6 is 24.0 Å². The summed E-state index contributed by atoms with van der Waals surface area (Å²) in [6.45, 7) is 4.98. The van der Waals surface area contributed by atoms with Crippen molar-refractivity contribution in [2.75, 3.05) is 37.6 Å². The first-order chi connectivity index (χ1) is 26.7. The molecule has 3 fully saturated rings. The zero-order valence-electron chi connectivity index (χ0n) is 31.0. The summed E-state index contributed by atoms with van der Waals surface area (Å²) >= 11 is 6.20. The van der Waals surface area contributed by atoms with Gasteiger partial charge in [-0.05, 0) is 99.7 Å². The molecule has 1 aliphatic carbocycles. The van der Waals surface area contributed by atoms with E-state index < -0.39 is 5.91 Å². The molecule has 5 aromatic rings. The van der Waals surface area contributed by atoms with E-state index in [0.717, 1.165) is 80.8 Å². The summed E-state index contributed by atoms with van der Waals surface area (Å²) in [6, 6.07) is 20.4. The number of primary amides is 1. The Balaban J connectivity index is 0.00000480. The molecule has 15 heteroatoms. The maximum absolute atomic E-state index is 14.1. The molecule has 0 unspecified atom stereocenters. The van der Waals surface area contributed by atoms with Crippen LogP contribution in [-0.2, 0) is 0 Å². The van der Waals surface area contributed by atoms with Crippen LogP contribution in [0.2, 0.25) is 5.02 Å². The van der Waals surface area contributed by atoms with Gasteiger partial charge in [-0.25, -0.2) is 4.79 Å². The Bertz CT molecular complexity index is 2350. The average molecular weight is 799 g/mol. The molecule has 0 radical (unpaired) electrons. The van der Waals surface area contributed by atoms with Gasteiger partial charge in [-0.15, -0.1) is 22.6 Å². The average Bonchev–Trinajstić information content (AvgIpc) is 3.64. The molecule has 5 heterocycles. The van der Waals surface area contributed by atoms with Crippen molar-refractivity contribution in [1.29, 1.82) is 5.26 Å². The number of nitrogens with zero attached hydrogens (tertiary/aromatic N) is 8. The molecule has 2 saturated heterocycles. The van der Waals surface area contributed by atoms with Crippen LogP contribution in [0.15, 0.2) is 82.6 Å². The summed E-state index contributed by atoms with van der Waals surface area (Å²) in [5, 5.41) is 18.7. The minimum absolute atomic E-state index is 0. The predicted molar refractivity (Wildman–Crippen MR) is 217 cm³/mol. The Morgan fingerprint density at radius 3 is 2.32 bits per heavy atom. The molecule has 2 N–H and O–H groups in total. The summed E-state index contributed by atoms with van der Waals surface area (Å²) in [7, 11) is 0. The minimum Gasteiger partial charge on any atom is -0.490 e. The van der Waals surface area contributed by atoms with Crippen LogP contribution in [0.1, 0.15) is 79.5 Å². The molecule has 3 aliphatic rings. The molecular weight excluding hydrogens is 753 g/mol. The first-order valence-corrected chi connectivity index (χ1v) is 19.5. The largest absolute Gasteiger partial charge is 0.490 e. The Hall–Kier alpha value is -5.16. The maximum atomic E-state index is 14.1. The highest BCUT2D eigenvalue weighted by Crippen LogP contribution is 2.33. The molecule has 13 nitrogen and oxygen atoms in total. The van der Waals surface area contributed by atoms with E-state index in [1.807, 2.05) is 18.2 Å². The number of halogens is 2. The fourth-order valence-electron chi connectivity index (χ4n) is 8.70. The number of amides is 1. The number of benzene rings is 2. The molecule has 1 saturated carbocycles. The van der Waals surface area contributed by atoms with Gasteiger partial charge in [0.2, 0.25) is 0 Å². The van der Waals surface area contributed by atoms with Gasteiger partial charge in [0.25, 0.3) is 11.5 Å². The molecule has 2 aromatic carbocycles.